The van der Waals surface area contributed by atoms with E-state index in [-0.39, 0.29) is 29.8 Å². The SMILES string of the molecule is CC[C@@H](C)NC(=O)[C@@H](Cc1ccccc1)N(Cc1ccc(Cl)cc1)C(=O)CN(C)S(=O)(=O)c1ccc2ccccc2c1. The van der Waals surface area contributed by atoms with Gasteiger partial charge in [-0.3, -0.25) is 9.59 Å². The second kappa shape index (κ2) is 14.0. The van der Waals surface area contributed by atoms with E-state index in [4.69, 9.17) is 11.6 Å². The number of rotatable bonds is 12. The molecule has 0 aliphatic heterocycles. The number of amides is 2. The minimum atomic E-state index is -4.00. The number of sulfonamides is 1. The van der Waals surface area contributed by atoms with Gasteiger partial charge in [-0.05, 0) is 59.5 Å². The fourth-order valence-electron chi connectivity index (χ4n) is 4.66. The summed E-state index contributed by atoms with van der Waals surface area (Å²) in [5.41, 5.74) is 1.65. The third kappa shape index (κ3) is 7.76. The van der Waals surface area contributed by atoms with Crippen LogP contribution in [0.15, 0.2) is 102 Å². The first-order valence-electron chi connectivity index (χ1n) is 13.9. The topological polar surface area (TPSA) is 86.8 Å². The van der Waals surface area contributed by atoms with Gasteiger partial charge in [0.15, 0.2) is 0 Å². The van der Waals surface area contributed by atoms with E-state index in [1.165, 1.54) is 11.9 Å². The van der Waals surface area contributed by atoms with E-state index < -0.39 is 28.5 Å². The summed E-state index contributed by atoms with van der Waals surface area (Å²) in [4.78, 5) is 29.3. The first-order chi connectivity index (χ1) is 20.1. The van der Waals surface area contributed by atoms with Gasteiger partial charge in [-0.15, -0.1) is 0 Å². The summed E-state index contributed by atoms with van der Waals surface area (Å²) in [6.07, 6.45) is 0.991. The number of carbonyl (C=O) groups is 2. The van der Waals surface area contributed by atoms with E-state index in [0.29, 0.717) is 5.02 Å². The highest BCUT2D eigenvalue weighted by Gasteiger charge is 2.33. The van der Waals surface area contributed by atoms with Crippen LogP contribution in [-0.4, -0.2) is 55.1 Å². The Hall–Kier alpha value is -3.72. The van der Waals surface area contributed by atoms with E-state index in [1.54, 1.807) is 42.5 Å². The molecule has 0 radical (unpaired) electrons. The summed E-state index contributed by atoms with van der Waals surface area (Å²) in [6.45, 7) is 3.54. The van der Waals surface area contributed by atoms with Crippen molar-refractivity contribution >= 4 is 44.2 Å². The molecule has 0 saturated carbocycles. The van der Waals surface area contributed by atoms with Gasteiger partial charge in [0.1, 0.15) is 6.04 Å². The van der Waals surface area contributed by atoms with Crippen molar-refractivity contribution in [2.75, 3.05) is 13.6 Å². The van der Waals surface area contributed by atoms with Gasteiger partial charge < -0.3 is 10.2 Å². The molecule has 7 nitrogen and oxygen atoms in total. The highest BCUT2D eigenvalue weighted by molar-refractivity contribution is 7.89. The quantitative estimate of drug-likeness (QED) is 0.225. The molecule has 2 atom stereocenters. The van der Waals surface area contributed by atoms with Crippen LogP contribution in [0.1, 0.15) is 31.4 Å². The molecule has 4 rings (SSSR count). The lowest BCUT2D eigenvalue weighted by Gasteiger charge is -2.33. The molecule has 0 aromatic heterocycles. The van der Waals surface area contributed by atoms with Crippen LogP contribution in [0, 0.1) is 0 Å². The third-order valence-corrected chi connectivity index (χ3v) is 9.38. The second-order valence-corrected chi connectivity index (χ2v) is 12.9. The lowest BCUT2D eigenvalue weighted by atomic mass is 10.0. The molecule has 1 N–H and O–H groups in total. The maximum atomic E-state index is 14.0. The summed E-state index contributed by atoms with van der Waals surface area (Å²) in [5, 5.41) is 5.27. The number of hydrogen-bond acceptors (Lipinski definition) is 4. The summed E-state index contributed by atoms with van der Waals surface area (Å²) in [6, 6.07) is 27.9. The van der Waals surface area contributed by atoms with Crippen molar-refractivity contribution in [2.24, 2.45) is 0 Å². The molecule has 0 fully saturated rings. The summed E-state index contributed by atoms with van der Waals surface area (Å²) in [7, 11) is -2.61. The molecule has 42 heavy (non-hydrogen) atoms. The van der Waals surface area contributed by atoms with Crippen LogP contribution in [0.2, 0.25) is 5.02 Å². The fourth-order valence-corrected chi connectivity index (χ4v) is 5.94. The molecule has 4 aromatic carbocycles. The van der Waals surface area contributed by atoms with Gasteiger partial charge in [0.05, 0.1) is 11.4 Å². The molecule has 4 aromatic rings. The zero-order chi connectivity index (χ0) is 30.3. The number of nitrogens with one attached hydrogen (secondary N) is 1. The zero-order valence-electron chi connectivity index (χ0n) is 24.0. The first kappa shape index (κ1) is 31.2. The van der Waals surface area contributed by atoms with Gasteiger partial charge in [0.25, 0.3) is 0 Å². The standard InChI is InChI=1S/C33H36ClN3O4S/c1-4-24(2)35-33(39)31(20-25-10-6-5-7-11-25)37(22-26-14-17-29(34)18-15-26)32(38)23-36(3)42(40,41)30-19-16-27-12-8-9-13-28(27)21-30/h5-19,21,24,31H,4,20,22-23H2,1-3H3,(H,35,39)/t24-,31-/m1/s1. The van der Waals surface area contributed by atoms with Gasteiger partial charge in [-0.1, -0.05) is 91.3 Å². The number of carbonyl (C=O) groups excluding carboxylic acids is 2. The normalized spacial score (nSPS) is 13.1. The predicted molar refractivity (Wildman–Crippen MR) is 168 cm³/mol. The van der Waals surface area contributed by atoms with Crippen molar-refractivity contribution in [3.05, 3.63) is 113 Å². The molecular weight excluding hydrogens is 570 g/mol. The number of fused-ring (bicyclic) bond motifs is 1. The summed E-state index contributed by atoms with van der Waals surface area (Å²) < 4.78 is 28.2. The van der Waals surface area contributed by atoms with Crippen LogP contribution >= 0.6 is 11.6 Å². The van der Waals surface area contributed by atoms with Gasteiger partial charge in [-0.25, -0.2) is 8.42 Å². The maximum absolute atomic E-state index is 14.0. The number of hydrogen-bond donors (Lipinski definition) is 1. The number of benzene rings is 4. The van der Waals surface area contributed by atoms with Crippen LogP contribution in [0.25, 0.3) is 10.8 Å². The molecule has 0 aliphatic rings. The van der Waals surface area contributed by atoms with Crippen molar-refractivity contribution in [3.63, 3.8) is 0 Å². The molecule has 0 bridgehead atoms. The minimum absolute atomic E-state index is 0.0936. The average molecular weight is 606 g/mol. The number of halogens is 1. The Morgan fingerprint density at radius 2 is 1.50 bits per heavy atom. The molecule has 9 heteroatoms. The van der Waals surface area contributed by atoms with Crippen molar-refractivity contribution in [1.29, 1.82) is 0 Å². The van der Waals surface area contributed by atoms with E-state index in [0.717, 1.165) is 32.6 Å². The lowest BCUT2D eigenvalue weighted by molar-refractivity contribution is -0.141. The second-order valence-electron chi connectivity index (χ2n) is 10.4. The Labute approximate surface area is 253 Å². The fraction of sp³-hybridized carbons (Fsp3) is 0.273. The molecule has 2 amide bonds. The molecule has 0 unspecified atom stereocenters. The Morgan fingerprint density at radius 3 is 2.17 bits per heavy atom. The minimum Gasteiger partial charge on any atom is -0.352 e. The first-order valence-corrected chi connectivity index (χ1v) is 15.7. The van der Waals surface area contributed by atoms with E-state index in [2.05, 4.69) is 5.32 Å². The van der Waals surface area contributed by atoms with Crippen LogP contribution < -0.4 is 5.32 Å². The van der Waals surface area contributed by atoms with Crippen molar-refractivity contribution in [1.82, 2.24) is 14.5 Å². The zero-order valence-corrected chi connectivity index (χ0v) is 25.6. The van der Waals surface area contributed by atoms with Crippen molar-refractivity contribution in [3.8, 4) is 0 Å². The highest BCUT2D eigenvalue weighted by atomic mass is 35.5. The summed E-state index contributed by atoms with van der Waals surface area (Å²) in [5.74, 6) is -0.785. The molecule has 220 valence electrons. The van der Waals surface area contributed by atoms with E-state index in [1.807, 2.05) is 68.4 Å². The maximum Gasteiger partial charge on any atom is 0.243 e. The van der Waals surface area contributed by atoms with Gasteiger partial charge in [-0.2, -0.15) is 4.31 Å². The number of nitrogens with zero attached hydrogens (tertiary/aromatic N) is 2. The van der Waals surface area contributed by atoms with Crippen LogP contribution in [0.5, 0.6) is 0 Å². The number of likely N-dealkylation sites (N-methyl/N-ethyl adjacent to an activating group) is 1. The average Bonchev–Trinajstić information content (AvgIpc) is 2.99. The lowest BCUT2D eigenvalue weighted by Crippen LogP contribution is -2.54. The van der Waals surface area contributed by atoms with Gasteiger partial charge >= 0.3 is 0 Å². The van der Waals surface area contributed by atoms with E-state index >= 15 is 0 Å². The van der Waals surface area contributed by atoms with Crippen molar-refractivity contribution < 1.29 is 18.0 Å². The Kier molecular flexibility index (Phi) is 10.4. The molecule has 0 aliphatic carbocycles. The van der Waals surface area contributed by atoms with Crippen LogP contribution in [0.3, 0.4) is 0 Å². The molecule has 0 spiro atoms. The van der Waals surface area contributed by atoms with Gasteiger partial charge in [0, 0.05) is 31.1 Å². The monoisotopic (exact) mass is 605 g/mol. The van der Waals surface area contributed by atoms with Crippen LogP contribution in [-0.2, 0) is 32.6 Å². The highest BCUT2D eigenvalue weighted by Crippen LogP contribution is 2.22. The smallest absolute Gasteiger partial charge is 0.243 e. The van der Waals surface area contributed by atoms with Crippen LogP contribution in [0.4, 0.5) is 0 Å². The third-order valence-electron chi connectivity index (χ3n) is 7.33. The summed E-state index contributed by atoms with van der Waals surface area (Å²) >= 11 is 6.10. The van der Waals surface area contributed by atoms with E-state index in [9.17, 15) is 18.0 Å². The Morgan fingerprint density at radius 1 is 0.857 bits per heavy atom. The van der Waals surface area contributed by atoms with Gasteiger partial charge in [0.2, 0.25) is 21.8 Å². The molecule has 0 heterocycles. The predicted octanol–water partition coefficient (Wildman–Crippen LogP) is 5.67. The van der Waals surface area contributed by atoms with Crippen molar-refractivity contribution in [2.45, 2.75) is 50.2 Å². The molecule has 0 saturated heterocycles. The Bertz CT molecular complexity index is 1630. The molecular formula is C33H36ClN3O4S. The Balaban J connectivity index is 1.67. The largest absolute Gasteiger partial charge is 0.352 e.